The normalized spacial score (nSPS) is 11.2. The highest BCUT2D eigenvalue weighted by Crippen LogP contribution is 2.13. The van der Waals surface area contributed by atoms with Gasteiger partial charge in [0, 0.05) is 10.9 Å². The van der Waals surface area contributed by atoms with Gasteiger partial charge in [0.2, 0.25) is 5.91 Å². The summed E-state index contributed by atoms with van der Waals surface area (Å²) in [6.07, 6.45) is 1.06. The van der Waals surface area contributed by atoms with E-state index >= 15 is 0 Å². The predicted octanol–water partition coefficient (Wildman–Crippen LogP) is 3.93. The molecule has 0 aliphatic rings. The van der Waals surface area contributed by atoms with Crippen LogP contribution in [0.15, 0.2) is 58.1 Å². The molecule has 0 unspecified atom stereocenters. The number of methoxy groups -OCH3 is 1. The Morgan fingerprint density at radius 3 is 2.39 bits per heavy atom. The number of carbonyl (C=O) groups excluding carboxylic acids is 1. The molecule has 0 radical (unpaired) electrons. The molecule has 1 amide bonds. The molecular weight excluding hydrogens is 356 g/mol. The summed E-state index contributed by atoms with van der Waals surface area (Å²) in [4.78, 5) is 11.9. The van der Waals surface area contributed by atoms with Gasteiger partial charge in [-0.25, -0.2) is 5.43 Å². The van der Waals surface area contributed by atoms with Crippen LogP contribution in [0.25, 0.3) is 0 Å². The highest BCUT2D eigenvalue weighted by atomic mass is 79.9. The zero-order valence-corrected chi connectivity index (χ0v) is 14.8. The Morgan fingerprint density at radius 2 is 1.78 bits per heavy atom. The summed E-state index contributed by atoms with van der Waals surface area (Å²) < 4.78 is 6.12. The fourth-order valence-corrected chi connectivity index (χ4v) is 2.27. The van der Waals surface area contributed by atoms with Crippen molar-refractivity contribution < 1.29 is 9.53 Å². The van der Waals surface area contributed by atoms with Crippen LogP contribution < -0.4 is 10.2 Å². The Morgan fingerprint density at radius 1 is 1.13 bits per heavy atom. The van der Waals surface area contributed by atoms with Crippen molar-refractivity contribution in [3.63, 3.8) is 0 Å². The molecule has 0 aromatic heterocycles. The standard InChI is InChI=1S/C18H19BrN2O2/c1-13(15-6-8-16(19)9-7-15)20-21-18(22)12-5-14-3-10-17(23-2)11-4-14/h3-4,6-11H,5,12H2,1-2H3,(H,21,22)/b20-13-. The Bertz CT molecular complexity index is 679. The van der Waals surface area contributed by atoms with Crippen LogP contribution in [0.1, 0.15) is 24.5 Å². The number of hydrazone groups is 1. The van der Waals surface area contributed by atoms with E-state index in [1.54, 1.807) is 7.11 Å². The van der Waals surface area contributed by atoms with Crippen molar-refractivity contribution in [2.75, 3.05) is 7.11 Å². The smallest absolute Gasteiger partial charge is 0.240 e. The molecule has 4 nitrogen and oxygen atoms in total. The maximum absolute atomic E-state index is 11.9. The van der Waals surface area contributed by atoms with Gasteiger partial charge in [0.15, 0.2) is 0 Å². The number of rotatable bonds is 6. The van der Waals surface area contributed by atoms with Crippen molar-refractivity contribution in [2.45, 2.75) is 19.8 Å². The molecule has 2 rings (SSSR count). The van der Waals surface area contributed by atoms with Gasteiger partial charge in [-0.1, -0.05) is 40.2 Å². The third kappa shape index (κ3) is 5.53. The number of halogens is 1. The molecule has 0 saturated heterocycles. The lowest BCUT2D eigenvalue weighted by molar-refractivity contribution is -0.121. The second kappa shape index (κ2) is 8.48. The van der Waals surface area contributed by atoms with Gasteiger partial charge in [0.25, 0.3) is 0 Å². The summed E-state index contributed by atoms with van der Waals surface area (Å²) in [5.74, 6) is 0.713. The number of nitrogens with zero attached hydrogens (tertiary/aromatic N) is 1. The molecule has 0 atom stereocenters. The zero-order valence-electron chi connectivity index (χ0n) is 13.2. The first-order valence-corrected chi connectivity index (χ1v) is 8.10. The Hall–Kier alpha value is -2.14. The lowest BCUT2D eigenvalue weighted by atomic mass is 10.1. The second-order valence-electron chi connectivity index (χ2n) is 5.09. The largest absolute Gasteiger partial charge is 0.497 e. The third-order valence-electron chi connectivity index (χ3n) is 3.41. The number of benzene rings is 2. The van der Waals surface area contributed by atoms with Gasteiger partial charge in [-0.3, -0.25) is 4.79 Å². The van der Waals surface area contributed by atoms with Crippen LogP contribution in [-0.4, -0.2) is 18.7 Å². The molecule has 5 heteroatoms. The minimum Gasteiger partial charge on any atom is -0.497 e. The van der Waals surface area contributed by atoms with Crippen LogP contribution in [-0.2, 0) is 11.2 Å². The van der Waals surface area contributed by atoms with Crippen LogP contribution in [0.3, 0.4) is 0 Å². The maximum Gasteiger partial charge on any atom is 0.240 e. The number of nitrogens with one attached hydrogen (secondary N) is 1. The average Bonchev–Trinajstić information content (AvgIpc) is 2.59. The molecule has 23 heavy (non-hydrogen) atoms. The van der Waals surface area contributed by atoms with Crippen molar-refractivity contribution in [3.8, 4) is 5.75 Å². The summed E-state index contributed by atoms with van der Waals surface area (Å²) >= 11 is 3.39. The predicted molar refractivity (Wildman–Crippen MR) is 95.8 cm³/mol. The molecule has 2 aromatic carbocycles. The van der Waals surface area contributed by atoms with Crippen LogP contribution in [0, 0.1) is 0 Å². The molecule has 1 N–H and O–H groups in total. The van der Waals surface area contributed by atoms with Gasteiger partial charge in [-0.05, 0) is 48.7 Å². The molecule has 0 fully saturated rings. The lowest BCUT2D eigenvalue weighted by Crippen LogP contribution is -2.19. The van der Waals surface area contributed by atoms with Crippen LogP contribution >= 0.6 is 15.9 Å². The SMILES string of the molecule is COc1ccc(CCC(=O)N/N=C(/C)c2ccc(Br)cc2)cc1. The molecule has 0 spiro atoms. The average molecular weight is 375 g/mol. The van der Waals surface area contributed by atoms with Gasteiger partial charge in [0.1, 0.15) is 5.75 Å². The maximum atomic E-state index is 11.9. The topological polar surface area (TPSA) is 50.7 Å². The molecule has 0 bridgehead atoms. The van der Waals surface area contributed by atoms with E-state index in [1.807, 2.05) is 55.5 Å². The van der Waals surface area contributed by atoms with E-state index in [0.29, 0.717) is 12.8 Å². The van der Waals surface area contributed by atoms with Crippen molar-refractivity contribution in [1.29, 1.82) is 0 Å². The number of amides is 1. The van der Waals surface area contributed by atoms with Gasteiger partial charge in [-0.2, -0.15) is 5.10 Å². The summed E-state index contributed by atoms with van der Waals surface area (Å²) in [6, 6.07) is 15.5. The van der Waals surface area contributed by atoms with E-state index in [1.165, 1.54) is 0 Å². The molecule has 0 aliphatic heterocycles. The Kier molecular flexibility index (Phi) is 6.35. The minimum atomic E-state index is -0.0997. The van der Waals surface area contributed by atoms with E-state index in [4.69, 9.17) is 4.74 Å². The highest BCUT2D eigenvalue weighted by molar-refractivity contribution is 9.10. The third-order valence-corrected chi connectivity index (χ3v) is 3.94. The van der Waals surface area contributed by atoms with Gasteiger partial charge < -0.3 is 4.74 Å². The van der Waals surface area contributed by atoms with Crippen LogP contribution in [0.4, 0.5) is 0 Å². The zero-order chi connectivity index (χ0) is 16.7. The molecule has 2 aromatic rings. The molecule has 0 aliphatic carbocycles. The summed E-state index contributed by atoms with van der Waals surface area (Å²) in [6.45, 7) is 1.87. The van der Waals surface area contributed by atoms with Crippen LogP contribution in [0.5, 0.6) is 5.75 Å². The minimum absolute atomic E-state index is 0.0997. The fourth-order valence-electron chi connectivity index (χ4n) is 2.01. The number of hydrogen-bond donors (Lipinski definition) is 1. The van der Waals surface area contributed by atoms with E-state index < -0.39 is 0 Å². The molecule has 0 saturated carbocycles. The monoisotopic (exact) mass is 374 g/mol. The number of carbonyl (C=O) groups is 1. The summed E-state index contributed by atoms with van der Waals surface area (Å²) in [5, 5.41) is 4.15. The fraction of sp³-hybridized carbons (Fsp3) is 0.222. The first-order chi connectivity index (χ1) is 11.1. The Labute approximate surface area is 144 Å². The van der Waals surface area contributed by atoms with Crippen molar-refractivity contribution in [3.05, 3.63) is 64.1 Å². The van der Waals surface area contributed by atoms with Crippen molar-refractivity contribution >= 4 is 27.5 Å². The lowest BCUT2D eigenvalue weighted by Gasteiger charge is -2.04. The van der Waals surface area contributed by atoms with Gasteiger partial charge >= 0.3 is 0 Å². The van der Waals surface area contributed by atoms with E-state index in [9.17, 15) is 4.79 Å². The molecule has 120 valence electrons. The molecular formula is C18H19BrN2O2. The van der Waals surface area contributed by atoms with Gasteiger partial charge in [0.05, 0.1) is 12.8 Å². The molecule has 0 heterocycles. The van der Waals surface area contributed by atoms with Crippen LogP contribution in [0.2, 0.25) is 0 Å². The van der Waals surface area contributed by atoms with E-state index in [-0.39, 0.29) is 5.91 Å². The highest BCUT2D eigenvalue weighted by Gasteiger charge is 2.03. The number of ether oxygens (including phenoxy) is 1. The van der Waals surface area contributed by atoms with Crippen molar-refractivity contribution in [1.82, 2.24) is 5.43 Å². The quantitative estimate of drug-likeness (QED) is 0.614. The first-order valence-electron chi connectivity index (χ1n) is 7.30. The van der Waals surface area contributed by atoms with Gasteiger partial charge in [-0.15, -0.1) is 0 Å². The Balaban J connectivity index is 1.84. The number of aryl methyl sites for hydroxylation is 1. The summed E-state index contributed by atoms with van der Waals surface area (Å²) in [7, 11) is 1.63. The number of hydrogen-bond acceptors (Lipinski definition) is 3. The second-order valence-corrected chi connectivity index (χ2v) is 6.00. The first kappa shape index (κ1) is 17.2. The summed E-state index contributed by atoms with van der Waals surface area (Å²) in [5.41, 5.74) is 5.44. The van der Waals surface area contributed by atoms with E-state index in [2.05, 4.69) is 26.5 Å². The van der Waals surface area contributed by atoms with E-state index in [0.717, 1.165) is 27.1 Å². The van der Waals surface area contributed by atoms with Crippen molar-refractivity contribution in [2.24, 2.45) is 5.10 Å².